The number of hydrogen-bond acceptors (Lipinski definition) is 6. The molecule has 6 heteroatoms. The van der Waals surface area contributed by atoms with Gasteiger partial charge in [-0.2, -0.15) is 0 Å². The highest BCUT2D eigenvalue weighted by Crippen LogP contribution is 2.31. The Balaban J connectivity index is 1.96. The first-order valence-electron chi connectivity index (χ1n) is 8.18. The summed E-state index contributed by atoms with van der Waals surface area (Å²) >= 11 is 0. The van der Waals surface area contributed by atoms with Crippen LogP contribution in [0.1, 0.15) is 27.2 Å². The molecule has 0 aromatic heterocycles. The molecule has 1 fully saturated rings. The molecule has 1 N–H and O–H groups in total. The summed E-state index contributed by atoms with van der Waals surface area (Å²) in [5, 5.41) is 9.10. The second-order valence-corrected chi connectivity index (χ2v) is 6.25. The standard InChI is InChI=1S/C18H25NO5/c1-4-13(10-20)18(22)23-11-14-5-7-19-8-6-15(17(14)19)24-16(21)9-12(2)3/h4-5,9,15,17,20H,6-8,10-11H2,1-3H3. The summed E-state index contributed by atoms with van der Waals surface area (Å²) in [4.78, 5) is 25.9. The smallest absolute Gasteiger partial charge is 0.336 e. The van der Waals surface area contributed by atoms with E-state index in [0.717, 1.165) is 30.7 Å². The van der Waals surface area contributed by atoms with E-state index < -0.39 is 5.97 Å². The van der Waals surface area contributed by atoms with Crippen LogP contribution in [0.25, 0.3) is 0 Å². The summed E-state index contributed by atoms with van der Waals surface area (Å²) in [5.41, 5.74) is 2.08. The summed E-state index contributed by atoms with van der Waals surface area (Å²) in [7, 11) is 0. The predicted molar refractivity (Wildman–Crippen MR) is 89.2 cm³/mol. The van der Waals surface area contributed by atoms with Crippen LogP contribution >= 0.6 is 0 Å². The van der Waals surface area contributed by atoms with Crippen molar-refractivity contribution in [1.29, 1.82) is 0 Å². The molecule has 132 valence electrons. The number of esters is 2. The minimum Gasteiger partial charge on any atom is -0.458 e. The highest BCUT2D eigenvalue weighted by Gasteiger charge is 2.41. The number of carbonyl (C=O) groups excluding carboxylic acids is 2. The lowest BCUT2D eigenvalue weighted by molar-refractivity contribution is -0.144. The molecule has 0 bridgehead atoms. The predicted octanol–water partition coefficient (Wildman–Crippen LogP) is 1.36. The normalized spacial score (nSPS) is 23.5. The molecule has 0 saturated carbocycles. The molecule has 2 atom stereocenters. The molecule has 0 amide bonds. The van der Waals surface area contributed by atoms with E-state index in [-0.39, 0.29) is 36.9 Å². The third kappa shape index (κ3) is 4.33. The van der Waals surface area contributed by atoms with Crippen molar-refractivity contribution in [2.45, 2.75) is 39.3 Å². The van der Waals surface area contributed by atoms with Crippen molar-refractivity contribution in [2.24, 2.45) is 0 Å². The van der Waals surface area contributed by atoms with E-state index in [1.807, 2.05) is 19.9 Å². The first kappa shape index (κ1) is 18.4. The van der Waals surface area contributed by atoms with E-state index in [0.29, 0.717) is 0 Å². The number of rotatable bonds is 6. The van der Waals surface area contributed by atoms with Gasteiger partial charge in [-0.05, 0) is 32.8 Å². The number of aliphatic hydroxyl groups excluding tert-OH is 1. The lowest BCUT2D eigenvalue weighted by Crippen LogP contribution is -2.36. The van der Waals surface area contributed by atoms with E-state index in [4.69, 9.17) is 14.6 Å². The zero-order chi connectivity index (χ0) is 17.7. The Kier molecular flexibility index (Phi) is 6.34. The SMILES string of the molecule is CC=C(CO)C(=O)OCC1=CCN2CCC(OC(=O)C=C(C)C)C12. The van der Waals surface area contributed by atoms with E-state index in [1.165, 1.54) is 12.2 Å². The number of carbonyl (C=O) groups is 2. The minimum atomic E-state index is -0.518. The first-order valence-corrected chi connectivity index (χ1v) is 8.18. The second kappa shape index (κ2) is 8.26. The maximum atomic E-state index is 11.9. The second-order valence-electron chi connectivity index (χ2n) is 6.25. The molecule has 2 heterocycles. The van der Waals surface area contributed by atoms with Crippen LogP contribution in [-0.2, 0) is 19.1 Å². The third-order valence-corrected chi connectivity index (χ3v) is 4.24. The fourth-order valence-electron chi connectivity index (χ4n) is 3.06. The van der Waals surface area contributed by atoms with Crippen LogP contribution in [0.3, 0.4) is 0 Å². The van der Waals surface area contributed by atoms with Gasteiger partial charge in [-0.25, -0.2) is 9.59 Å². The monoisotopic (exact) mass is 335 g/mol. The molecule has 24 heavy (non-hydrogen) atoms. The van der Waals surface area contributed by atoms with Gasteiger partial charge in [0.1, 0.15) is 12.7 Å². The van der Waals surface area contributed by atoms with Gasteiger partial charge in [0.2, 0.25) is 0 Å². The fourth-order valence-corrected chi connectivity index (χ4v) is 3.06. The molecule has 0 aromatic rings. The molecule has 0 spiro atoms. The molecular weight excluding hydrogens is 310 g/mol. The molecule has 1 saturated heterocycles. The number of nitrogens with zero attached hydrogens (tertiary/aromatic N) is 1. The number of fused-ring (bicyclic) bond motifs is 1. The summed E-state index contributed by atoms with van der Waals surface area (Å²) in [5.74, 6) is -0.850. The minimum absolute atomic E-state index is 0.0319. The van der Waals surface area contributed by atoms with Gasteiger partial charge in [-0.3, -0.25) is 4.90 Å². The van der Waals surface area contributed by atoms with E-state index in [1.54, 1.807) is 6.92 Å². The Labute approximate surface area is 142 Å². The molecule has 2 rings (SSSR count). The summed E-state index contributed by atoms with van der Waals surface area (Å²) in [6, 6.07) is -0.0319. The van der Waals surface area contributed by atoms with Crippen LogP contribution < -0.4 is 0 Å². The Bertz CT molecular complexity index is 586. The molecule has 0 aromatic carbocycles. The van der Waals surface area contributed by atoms with Crippen LogP contribution in [0, 0.1) is 0 Å². The van der Waals surface area contributed by atoms with Crippen molar-refractivity contribution in [2.75, 3.05) is 26.3 Å². The lowest BCUT2D eigenvalue weighted by Gasteiger charge is -2.23. The van der Waals surface area contributed by atoms with Gasteiger partial charge in [0.15, 0.2) is 0 Å². The maximum absolute atomic E-state index is 11.9. The van der Waals surface area contributed by atoms with E-state index in [9.17, 15) is 9.59 Å². The van der Waals surface area contributed by atoms with Crippen molar-refractivity contribution in [3.05, 3.63) is 34.9 Å². The van der Waals surface area contributed by atoms with Gasteiger partial charge in [-0.15, -0.1) is 0 Å². The van der Waals surface area contributed by atoms with Crippen molar-refractivity contribution >= 4 is 11.9 Å². The Morgan fingerprint density at radius 1 is 1.42 bits per heavy atom. The number of allylic oxidation sites excluding steroid dienone is 2. The summed E-state index contributed by atoms with van der Waals surface area (Å²) in [6.07, 6.45) is 5.60. The largest absolute Gasteiger partial charge is 0.458 e. The molecule has 2 aliphatic rings. The van der Waals surface area contributed by atoms with E-state index >= 15 is 0 Å². The number of hydrogen-bond donors (Lipinski definition) is 1. The van der Waals surface area contributed by atoms with Gasteiger partial charge in [0.25, 0.3) is 0 Å². The Morgan fingerprint density at radius 2 is 2.17 bits per heavy atom. The van der Waals surface area contributed by atoms with Crippen LogP contribution in [0.2, 0.25) is 0 Å². The molecule has 0 radical (unpaired) electrons. The molecule has 6 nitrogen and oxygen atoms in total. The zero-order valence-corrected chi connectivity index (χ0v) is 14.4. The van der Waals surface area contributed by atoms with E-state index in [2.05, 4.69) is 4.90 Å². The maximum Gasteiger partial charge on any atom is 0.336 e. The lowest BCUT2D eigenvalue weighted by atomic mass is 10.1. The topological polar surface area (TPSA) is 76.1 Å². The van der Waals surface area contributed by atoms with Crippen molar-refractivity contribution in [3.8, 4) is 0 Å². The molecule has 2 aliphatic heterocycles. The Morgan fingerprint density at radius 3 is 2.79 bits per heavy atom. The highest BCUT2D eigenvalue weighted by atomic mass is 16.5. The first-order chi connectivity index (χ1) is 11.5. The fraction of sp³-hybridized carbons (Fsp3) is 0.556. The van der Waals surface area contributed by atoms with Crippen molar-refractivity contribution in [3.63, 3.8) is 0 Å². The number of ether oxygens (including phenoxy) is 2. The van der Waals surface area contributed by atoms with Crippen molar-refractivity contribution in [1.82, 2.24) is 4.90 Å². The average Bonchev–Trinajstić information content (AvgIpc) is 3.09. The summed E-state index contributed by atoms with van der Waals surface area (Å²) in [6.45, 7) is 6.80. The zero-order valence-electron chi connectivity index (χ0n) is 14.4. The number of aliphatic hydroxyl groups is 1. The van der Waals surface area contributed by atoms with Gasteiger partial charge in [0, 0.05) is 19.2 Å². The quantitative estimate of drug-likeness (QED) is 0.449. The van der Waals surface area contributed by atoms with Gasteiger partial charge in [-0.1, -0.05) is 17.7 Å². The highest BCUT2D eigenvalue weighted by molar-refractivity contribution is 5.88. The average molecular weight is 335 g/mol. The van der Waals surface area contributed by atoms with Gasteiger partial charge >= 0.3 is 11.9 Å². The van der Waals surface area contributed by atoms with Gasteiger partial charge in [0.05, 0.1) is 18.2 Å². The van der Waals surface area contributed by atoms with Crippen LogP contribution in [0.4, 0.5) is 0 Å². The summed E-state index contributed by atoms with van der Waals surface area (Å²) < 4.78 is 10.9. The van der Waals surface area contributed by atoms with Crippen LogP contribution in [-0.4, -0.2) is 60.4 Å². The third-order valence-electron chi connectivity index (χ3n) is 4.24. The van der Waals surface area contributed by atoms with Crippen LogP contribution in [0.5, 0.6) is 0 Å². The molecule has 2 unspecified atom stereocenters. The van der Waals surface area contributed by atoms with Crippen molar-refractivity contribution < 1.29 is 24.2 Å². The van der Waals surface area contributed by atoms with Crippen LogP contribution in [0.15, 0.2) is 34.9 Å². The molecular formula is C18H25NO5. The van der Waals surface area contributed by atoms with Gasteiger partial charge < -0.3 is 14.6 Å². The molecule has 0 aliphatic carbocycles. The Hall–Kier alpha value is -1.92.